The van der Waals surface area contributed by atoms with Crippen molar-refractivity contribution in [2.75, 3.05) is 0 Å². The minimum atomic E-state index is -0.594. The lowest BCUT2D eigenvalue weighted by molar-refractivity contribution is 0.199. The number of nitrogens with zero attached hydrogens (tertiary/aromatic N) is 1. The fourth-order valence-electron chi connectivity index (χ4n) is 1.98. The highest BCUT2D eigenvalue weighted by Gasteiger charge is 2.10. The highest BCUT2D eigenvalue weighted by molar-refractivity contribution is 6.31. The maximum atomic E-state index is 9.56. The van der Waals surface area contributed by atoms with Gasteiger partial charge in [-0.05, 0) is 50.1 Å². The van der Waals surface area contributed by atoms with Crippen molar-refractivity contribution in [3.8, 4) is 11.5 Å². The van der Waals surface area contributed by atoms with Crippen molar-refractivity contribution in [3.05, 3.63) is 52.3 Å². The van der Waals surface area contributed by atoms with E-state index in [4.69, 9.17) is 16.3 Å². The molecule has 0 radical (unpaired) electrons. The normalized spacial score (nSPS) is 12.2. The lowest BCUT2D eigenvalue weighted by Gasteiger charge is -2.12. The second-order valence-electron chi connectivity index (χ2n) is 4.71. The average molecular weight is 292 g/mol. The van der Waals surface area contributed by atoms with Gasteiger partial charge in [0, 0.05) is 5.69 Å². The summed E-state index contributed by atoms with van der Waals surface area (Å²) in [5.41, 5.74) is 2.58. The second kappa shape index (κ2) is 6.25. The molecule has 1 N–H and O–H groups in total. The van der Waals surface area contributed by atoms with E-state index in [9.17, 15) is 5.11 Å². The molecule has 1 heterocycles. The van der Waals surface area contributed by atoms with Crippen molar-refractivity contribution in [1.82, 2.24) is 4.98 Å². The number of aryl methyl sites for hydroxylation is 2. The predicted octanol–water partition coefficient (Wildman–Crippen LogP) is 4.45. The number of hydrogen-bond acceptors (Lipinski definition) is 3. The Labute approximate surface area is 124 Å². The van der Waals surface area contributed by atoms with Gasteiger partial charge in [0.15, 0.2) is 0 Å². The van der Waals surface area contributed by atoms with Crippen LogP contribution in [0.15, 0.2) is 30.3 Å². The molecule has 3 nitrogen and oxygen atoms in total. The maximum Gasteiger partial charge on any atom is 0.148 e. The largest absolute Gasteiger partial charge is 0.455 e. The van der Waals surface area contributed by atoms with Crippen LogP contribution in [0.1, 0.15) is 36.9 Å². The van der Waals surface area contributed by atoms with Crippen molar-refractivity contribution in [2.45, 2.75) is 33.3 Å². The van der Waals surface area contributed by atoms with Gasteiger partial charge < -0.3 is 9.84 Å². The summed E-state index contributed by atoms with van der Waals surface area (Å²) in [7, 11) is 0. The number of pyridine rings is 1. The molecule has 0 amide bonds. The van der Waals surface area contributed by atoms with Gasteiger partial charge in [0.1, 0.15) is 11.5 Å². The Morgan fingerprint density at radius 1 is 1.30 bits per heavy atom. The van der Waals surface area contributed by atoms with E-state index in [1.54, 1.807) is 25.1 Å². The molecule has 2 rings (SSSR count). The van der Waals surface area contributed by atoms with Gasteiger partial charge in [-0.1, -0.05) is 24.6 Å². The number of aliphatic hydroxyl groups is 1. The maximum absolute atomic E-state index is 9.56. The number of hydrogen-bond donors (Lipinski definition) is 1. The van der Waals surface area contributed by atoms with Gasteiger partial charge in [0.2, 0.25) is 0 Å². The van der Waals surface area contributed by atoms with E-state index in [0.29, 0.717) is 16.3 Å². The minimum Gasteiger partial charge on any atom is -0.455 e. The van der Waals surface area contributed by atoms with Crippen LogP contribution in [0.2, 0.25) is 5.02 Å². The van der Waals surface area contributed by atoms with E-state index in [1.807, 2.05) is 26.0 Å². The van der Waals surface area contributed by atoms with E-state index in [0.717, 1.165) is 23.6 Å². The minimum absolute atomic E-state index is 0.496. The Balaban J connectivity index is 2.28. The van der Waals surface area contributed by atoms with Crippen molar-refractivity contribution in [2.24, 2.45) is 0 Å². The van der Waals surface area contributed by atoms with E-state index >= 15 is 0 Å². The van der Waals surface area contributed by atoms with Gasteiger partial charge in [-0.25, -0.2) is 0 Å². The summed E-state index contributed by atoms with van der Waals surface area (Å²) < 4.78 is 5.84. The monoisotopic (exact) mass is 291 g/mol. The lowest BCUT2D eigenvalue weighted by Crippen LogP contribution is -1.97. The zero-order chi connectivity index (χ0) is 14.7. The van der Waals surface area contributed by atoms with Crippen LogP contribution in [0, 0.1) is 6.92 Å². The number of aromatic nitrogens is 1. The Morgan fingerprint density at radius 2 is 2.05 bits per heavy atom. The molecular weight excluding hydrogens is 274 g/mol. The standard InChI is InChI=1S/C16H18ClNO2/c1-4-15-16(8-5-10(2)18-15)20-12-6-7-13(11(3)19)14(17)9-12/h5-9,11,19H,4H2,1-3H3. The summed E-state index contributed by atoms with van der Waals surface area (Å²) in [6.07, 6.45) is 0.208. The van der Waals surface area contributed by atoms with Crippen LogP contribution in [0.5, 0.6) is 11.5 Å². The number of ether oxygens (including phenoxy) is 1. The molecule has 0 fully saturated rings. The van der Waals surface area contributed by atoms with Gasteiger partial charge in [0.25, 0.3) is 0 Å². The lowest BCUT2D eigenvalue weighted by atomic mass is 10.1. The third kappa shape index (κ3) is 3.30. The molecule has 0 spiro atoms. The summed E-state index contributed by atoms with van der Waals surface area (Å²) in [6.45, 7) is 5.68. The Kier molecular flexibility index (Phi) is 4.63. The van der Waals surface area contributed by atoms with Crippen LogP contribution in [0.3, 0.4) is 0 Å². The number of benzene rings is 1. The molecule has 0 aliphatic rings. The second-order valence-corrected chi connectivity index (χ2v) is 5.12. The highest BCUT2D eigenvalue weighted by Crippen LogP contribution is 2.31. The van der Waals surface area contributed by atoms with E-state index in [-0.39, 0.29) is 0 Å². The Hall–Kier alpha value is -1.58. The molecule has 1 aromatic heterocycles. The van der Waals surface area contributed by atoms with Gasteiger partial charge >= 0.3 is 0 Å². The molecule has 0 saturated heterocycles. The first-order chi connectivity index (χ1) is 9.51. The number of halogens is 1. The first-order valence-corrected chi connectivity index (χ1v) is 7.01. The van der Waals surface area contributed by atoms with Gasteiger partial charge in [-0.15, -0.1) is 0 Å². The third-order valence-electron chi connectivity index (χ3n) is 3.06. The van der Waals surface area contributed by atoms with Gasteiger partial charge in [-0.2, -0.15) is 0 Å². The SMILES string of the molecule is CCc1nc(C)ccc1Oc1ccc(C(C)O)c(Cl)c1. The predicted molar refractivity (Wildman–Crippen MR) is 80.5 cm³/mol. The smallest absolute Gasteiger partial charge is 0.148 e. The Bertz CT molecular complexity index is 611. The van der Waals surface area contributed by atoms with Crippen molar-refractivity contribution < 1.29 is 9.84 Å². The molecule has 1 aromatic carbocycles. The molecule has 0 bridgehead atoms. The summed E-state index contributed by atoms with van der Waals surface area (Å²) in [6, 6.07) is 9.11. The summed E-state index contributed by atoms with van der Waals surface area (Å²) in [5, 5.41) is 10.1. The van der Waals surface area contributed by atoms with E-state index in [1.165, 1.54) is 0 Å². The molecule has 2 aromatic rings. The highest BCUT2D eigenvalue weighted by atomic mass is 35.5. The molecule has 0 saturated carbocycles. The van der Waals surface area contributed by atoms with Crippen molar-refractivity contribution >= 4 is 11.6 Å². The van der Waals surface area contributed by atoms with Gasteiger partial charge in [-0.3, -0.25) is 4.98 Å². The summed E-state index contributed by atoms with van der Waals surface area (Å²) >= 11 is 6.13. The van der Waals surface area contributed by atoms with Crippen LogP contribution in [0.25, 0.3) is 0 Å². The number of rotatable bonds is 4. The molecule has 20 heavy (non-hydrogen) atoms. The third-order valence-corrected chi connectivity index (χ3v) is 3.38. The molecule has 4 heteroatoms. The quantitative estimate of drug-likeness (QED) is 0.905. The molecule has 106 valence electrons. The zero-order valence-electron chi connectivity index (χ0n) is 11.9. The molecule has 1 unspecified atom stereocenters. The molecular formula is C16H18ClNO2. The molecule has 0 aliphatic carbocycles. The fraction of sp³-hybridized carbons (Fsp3) is 0.312. The molecule has 0 aliphatic heterocycles. The average Bonchev–Trinajstić information content (AvgIpc) is 2.40. The van der Waals surface area contributed by atoms with Crippen LogP contribution in [-0.4, -0.2) is 10.1 Å². The first-order valence-electron chi connectivity index (χ1n) is 6.63. The van der Waals surface area contributed by atoms with E-state index in [2.05, 4.69) is 4.98 Å². The number of aliphatic hydroxyl groups excluding tert-OH is 1. The van der Waals surface area contributed by atoms with E-state index < -0.39 is 6.10 Å². The summed E-state index contributed by atoms with van der Waals surface area (Å²) in [5.74, 6) is 1.37. The topological polar surface area (TPSA) is 42.4 Å². The fourth-order valence-corrected chi connectivity index (χ4v) is 2.31. The van der Waals surface area contributed by atoms with Gasteiger partial charge in [0.05, 0.1) is 16.8 Å². The van der Waals surface area contributed by atoms with Crippen LogP contribution in [-0.2, 0) is 6.42 Å². The Morgan fingerprint density at radius 3 is 2.65 bits per heavy atom. The van der Waals surface area contributed by atoms with Crippen molar-refractivity contribution in [1.29, 1.82) is 0 Å². The van der Waals surface area contributed by atoms with Crippen LogP contribution in [0.4, 0.5) is 0 Å². The summed E-state index contributed by atoms with van der Waals surface area (Å²) in [4.78, 5) is 4.46. The zero-order valence-corrected chi connectivity index (χ0v) is 12.6. The van der Waals surface area contributed by atoms with Crippen LogP contribution < -0.4 is 4.74 Å². The van der Waals surface area contributed by atoms with Crippen LogP contribution >= 0.6 is 11.6 Å². The first kappa shape index (κ1) is 14.8. The van der Waals surface area contributed by atoms with Crippen molar-refractivity contribution in [3.63, 3.8) is 0 Å². The molecule has 1 atom stereocenters.